The Morgan fingerprint density at radius 3 is 2.00 bits per heavy atom. The van der Waals surface area contributed by atoms with Gasteiger partial charge in [-0.2, -0.15) is 0 Å². The van der Waals surface area contributed by atoms with Crippen molar-refractivity contribution in [2.45, 2.75) is 51.9 Å². The molecule has 0 amide bonds. The second-order valence-electron chi connectivity index (χ2n) is 11.8. The molecule has 2 heteroatoms. The first-order valence-electron chi connectivity index (χ1n) is 14.8. The van der Waals surface area contributed by atoms with E-state index in [1.165, 1.54) is 38.9 Å². The third kappa shape index (κ3) is 4.82. The van der Waals surface area contributed by atoms with Crippen LogP contribution in [0.2, 0.25) is 0 Å². The number of phenolic OH excluding ortho intramolecular Hbond substituents is 2. The van der Waals surface area contributed by atoms with Crippen LogP contribution in [0.25, 0.3) is 11.1 Å². The van der Waals surface area contributed by atoms with Gasteiger partial charge >= 0.3 is 0 Å². The molecule has 2 nitrogen and oxygen atoms in total. The van der Waals surface area contributed by atoms with Gasteiger partial charge in [0.15, 0.2) is 0 Å². The highest BCUT2D eigenvalue weighted by Gasteiger charge is 2.46. The Morgan fingerprint density at radius 1 is 0.610 bits per heavy atom. The van der Waals surface area contributed by atoms with Crippen molar-refractivity contribution in [1.82, 2.24) is 0 Å². The van der Waals surface area contributed by atoms with Crippen LogP contribution in [-0.4, -0.2) is 10.2 Å². The Morgan fingerprint density at radius 2 is 1.27 bits per heavy atom. The van der Waals surface area contributed by atoms with E-state index in [2.05, 4.69) is 99.6 Å². The lowest BCUT2D eigenvalue weighted by Gasteiger charge is -2.34. The van der Waals surface area contributed by atoms with Crippen molar-refractivity contribution in [3.63, 3.8) is 0 Å². The van der Waals surface area contributed by atoms with Crippen molar-refractivity contribution in [2.24, 2.45) is 5.92 Å². The van der Waals surface area contributed by atoms with Crippen molar-refractivity contribution in [1.29, 1.82) is 0 Å². The third-order valence-corrected chi connectivity index (χ3v) is 8.68. The first kappa shape index (κ1) is 26.9. The van der Waals surface area contributed by atoms with Gasteiger partial charge in [0.05, 0.1) is 5.41 Å². The summed E-state index contributed by atoms with van der Waals surface area (Å²) in [5, 5.41) is 21.2. The molecule has 41 heavy (non-hydrogen) atoms. The molecule has 5 aromatic rings. The highest BCUT2D eigenvalue weighted by Crippen LogP contribution is 2.56. The second kappa shape index (κ2) is 10.9. The van der Waals surface area contributed by atoms with Crippen molar-refractivity contribution in [2.75, 3.05) is 0 Å². The Bertz CT molecular complexity index is 1680. The van der Waals surface area contributed by atoms with Crippen LogP contribution in [0.4, 0.5) is 0 Å². The molecule has 0 radical (unpaired) electrons. The van der Waals surface area contributed by atoms with Crippen molar-refractivity contribution in [3.8, 4) is 22.6 Å². The lowest BCUT2D eigenvalue weighted by atomic mass is 9.67. The molecule has 1 unspecified atom stereocenters. The lowest BCUT2D eigenvalue weighted by Crippen LogP contribution is -2.28. The normalized spacial score (nSPS) is 15.6. The van der Waals surface area contributed by atoms with Gasteiger partial charge in [-0.3, -0.25) is 0 Å². The van der Waals surface area contributed by atoms with Gasteiger partial charge in [0, 0.05) is 0 Å². The minimum Gasteiger partial charge on any atom is -0.508 e. The largest absolute Gasteiger partial charge is 0.508 e. The smallest absolute Gasteiger partial charge is 0.118 e. The molecule has 5 aromatic carbocycles. The maximum Gasteiger partial charge on any atom is 0.118 e. The van der Waals surface area contributed by atoms with Crippen LogP contribution in [-0.2, 0) is 31.1 Å². The average molecular weight is 539 g/mol. The summed E-state index contributed by atoms with van der Waals surface area (Å²) in [7, 11) is 0. The van der Waals surface area contributed by atoms with E-state index in [9.17, 15) is 10.2 Å². The SMILES string of the molecule is CCc1ccc(CCc2cc(C3(c4ccc(O)cc4)c4ccccc4-c4cc(CC(C)C)ccc43)ccc2O)cc1. The molecule has 0 bridgehead atoms. The molecule has 1 atom stereocenters. The van der Waals surface area contributed by atoms with Crippen LogP contribution < -0.4 is 0 Å². The number of hydrogen-bond acceptors (Lipinski definition) is 2. The average Bonchev–Trinajstić information content (AvgIpc) is 3.27. The summed E-state index contributed by atoms with van der Waals surface area (Å²) in [5.74, 6) is 1.16. The molecule has 0 saturated carbocycles. The summed E-state index contributed by atoms with van der Waals surface area (Å²) in [6.07, 6.45) is 3.67. The Hall–Kier alpha value is -4.30. The Kier molecular flexibility index (Phi) is 7.17. The fourth-order valence-corrected chi connectivity index (χ4v) is 6.67. The summed E-state index contributed by atoms with van der Waals surface area (Å²) in [6.45, 7) is 6.70. The molecule has 1 aliphatic rings. The summed E-state index contributed by atoms with van der Waals surface area (Å²) in [6, 6.07) is 38.3. The van der Waals surface area contributed by atoms with Crippen LogP contribution in [0.3, 0.4) is 0 Å². The quantitative estimate of drug-likeness (QED) is 0.203. The molecule has 0 heterocycles. The summed E-state index contributed by atoms with van der Waals surface area (Å²) >= 11 is 0. The lowest BCUT2D eigenvalue weighted by molar-refractivity contribution is 0.467. The third-order valence-electron chi connectivity index (χ3n) is 8.68. The van der Waals surface area contributed by atoms with Crippen LogP contribution in [0, 0.1) is 5.92 Å². The molecular formula is C39H38O2. The molecular weight excluding hydrogens is 500 g/mol. The van der Waals surface area contributed by atoms with E-state index in [-0.39, 0.29) is 5.75 Å². The van der Waals surface area contributed by atoms with E-state index in [1.807, 2.05) is 18.2 Å². The fourth-order valence-electron chi connectivity index (χ4n) is 6.67. The molecule has 0 fully saturated rings. The number of fused-ring (bicyclic) bond motifs is 3. The number of aryl methyl sites for hydroxylation is 3. The van der Waals surface area contributed by atoms with Gasteiger partial charge in [-0.1, -0.05) is 112 Å². The number of hydrogen-bond donors (Lipinski definition) is 2. The highest BCUT2D eigenvalue weighted by atomic mass is 16.3. The molecule has 2 N–H and O–H groups in total. The Balaban J connectivity index is 1.53. The van der Waals surface area contributed by atoms with Crippen LogP contribution in [0.5, 0.6) is 11.5 Å². The maximum absolute atomic E-state index is 11.0. The van der Waals surface area contributed by atoms with Crippen molar-refractivity contribution < 1.29 is 10.2 Å². The van der Waals surface area contributed by atoms with Gasteiger partial charge in [-0.25, -0.2) is 0 Å². The molecule has 0 aliphatic heterocycles. The van der Waals surface area contributed by atoms with Gasteiger partial charge in [0.1, 0.15) is 11.5 Å². The van der Waals surface area contributed by atoms with Crippen LogP contribution in [0.1, 0.15) is 65.3 Å². The van der Waals surface area contributed by atoms with Gasteiger partial charge < -0.3 is 10.2 Å². The van der Waals surface area contributed by atoms with Gasteiger partial charge in [-0.15, -0.1) is 0 Å². The van der Waals surface area contributed by atoms with Crippen molar-refractivity contribution in [3.05, 3.63) is 154 Å². The van der Waals surface area contributed by atoms with Gasteiger partial charge in [-0.05, 0) is 105 Å². The van der Waals surface area contributed by atoms with Crippen molar-refractivity contribution >= 4 is 0 Å². The van der Waals surface area contributed by atoms with Crippen LogP contribution >= 0.6 is 0 Å². The molecule has 1 aliphatic carbocycles. The number of rotatable bonds is 8. The molecule has 0 spiro atoms. The predicted molar refractivity (Wildman–Crippen MR) is 169 cm³/mol. The minimum atomic E-state index is -0.568. The predicted octanol–water partition coefficient (Wildman–Crippen LogP) is 9.01. The summed E-state index contributed by atoms with van der Waals surface area (Å²) in [4.78, 5) is 0. The topological polar surface area (TPSA) is 40.5 Å². The second-order valence-corrected chi connectivity index (χ2v) is 11.8. The molecule has 0 saturated heterocycles. The van der Waals surface area contributed by atoms with Gasteiger partial charge in [0.2, 0.25) is 0 Å². The van der Waals surface area contributed by atoms with E-state index in [0.29, 0.717) is 11.7 Å². The first-order chi connectivity index (χ1) is 19.9. The van der Waals surface area contributed by atoms with E-state index >= 15 is 0 Å². The monoisotopic (exact) mass is 538 g/mol. The first-order valence-corrected chi connectivity index (χ1v) is 14.8. The fraction of sp³-hybridized carbons (Fsp3) is 0.231. The number of aromatic hydroxyl groups is 2. The standard InChI is InChI=1S/C39H38O2/c1-4-27-9-11-28(12-10-27)13-15-30-25-32(18-22-38(30)41)39(31-16-19-33(40)20-17-31)36-8-6-5-7-34(36)35-24-29(23-26(2)3)14-21-37(35)39/h5-12,14,16-22,24-26,40-41H,4,13,15,23H2,1-3H3. The summed E-state index contributed by atoms with van der Waals surface area (Å²) < 4.78 is 0. The number of benzene rings is 5. The number of phenols is 2. The zero-order chi connectivity index (χ0) is 28.6. The van der Waals surface area contributed by atoms with E-state index in [4.69, 9.17) is 0 Å². The van der Waals surface area contributed by atoms with E-state index < -0.39 is 5.41 Å². The van der Waals surface area contributed by atoms with E-state index in [1.54, 1.807) is 12.1 Å². The molecule has 6 rings (SSSR count). The minimum absolute atomic E-state index is 0.253. The highest BCUT2D eigenvalue weighted by molar-refractivity contribution is 5.86. The zero-order valence-corrected chi connectivity index (χ0v) is 24.2. The Labute approximate surface area is 244 Å². The molecule has 0 aromatic heterocycles. The maximum atomic E-state index is 11.0. The molecule has 206 valence electrons. The summed E-state index contributed by atoms with van der Waals surface area (Å²) in [5.41, 5.74) is 11.5. The van der Waals surface area contributed by atoms with Gasteiger partial charge in [0.25, 0.3) is 0 Å². The zero-order valence-electron chi connectivity index (χ0n) is 24.2. The van der Waals surface area contributed by atoms with Crippen LogP contribution in [0.15, 0.2) is 109 Å². The van der Waals surface area contributed by atoms with E-state index in [0.717, 1.165) is 42.4 Å².